The number of hydrogen-bond donors (Lipinski definition) is 1. The number of methoxy groups -OCH3 is 1. The second kappa shape index (κ2) is 5.85. The fraction of sp³-hybridized carbons (Fsp3) is 0.786. The third-order valence-corrected chi connectivity index (χ3v) is 4.46. The van der Waals surface area contributed by atoms with E-state index < -0.39 is 18.0 Å². The Balaban J connectivity index is 2.29. The van der Waals surface area contributed by atoms with Crippen LogP contribution in [0.5, 0.6) is 0 Å². The van der Waals surface area contributed by atoms with Crippen molar-refractivity contribution in [1.82, 2.24) is 10.3 Å². The van der Waals surface area contributed by atoms with Crippen LogP contribution in [0.3, 0.4) is 0 Å². The maximum atomic E-state index is 13.1. The van der Waals surface area contributed by atoms with Gasteiger partial charge in [-0.1, -0.05) is 20.8 Å². The van der Waals surface area contributed by atoms with Crippen LogP contribution in [0, 0.1) is 5.41 Å². The van der Waals surface area contributed by atoms with Crippen molar-refractivity contribution in [3.8, 4) is 0 Å². The number of halogens is 3. The van der Waals surface area contributed by atoms with Gasteiger partial charge in [0.25, 0.3) is 0 Å². The Labute approximate surface area is 126 Å². The van der Waals surface area contributed by atoms with Gasteiger partial charge in [0.05, 0.1) is 4.88 Å². The van der Waals surface area contributed by atoms with Crippen LogP contribution >= 0.6 is 11.3 Å². The molecule has 0 spiro atoms. The Morgan fingerprint density at radius 3 is 2.38 bits per heavy atom. The Morgan fingerprint density at radius 1 is 1.33 bits per heavy atom. The van der Waals surface area contributed by atoms with E-state index in [0.717, 1.165) is 24.2 Å². The smallest absolute Gasteiger partial charge is 0.374 e. The SMILES string of the molecule is COC(c1nc(C(F)(F)F)c(CNC2CC2)s1)C(C)(C)C. The summed E-state index contributed by atoms with van der Waals surface area (Å²) < 4.78 is 44.8. The molecule has 0 bridgehead atoms. The number of nitrogens with zero attached hydrogens (tertiary/aromatic N) is 1. The third kappa shape index (κ3) is 4.17. The summed E-state index contributed by atoms with van der Waals surface area (Å²) in [5.41, 5.74) is -1.08. The van der Waals surface area contributed by atoms with Gasteiger partial charge in [-0.05, 0) is 18.3 Å². The molecule has 1 saturated carbocycles. The van der Waals surface area contributed by atoms with Crippen LogP contribution in [-0.4, -0.2) is 18.1 Å². The lowest BCUT2D eigenvalue weighted by molar-refractivity contribution is -0.141. The number of rotatable bonds is 5. The molecule has 3 nitrogen and oxygen atoms in total. The molecule has 7 heteroatoms. The van der Waals surface area contributed by atoms with Crippen LogP contribution in [0.1, 0.15) is 55.3 Å². The van der Waals surface area contributed by atoms with Crippen LogP contribution in [0.4, 0.5) is 13.2 Å². The van der Waals surface area contributed by atoms with Crippen molar-refractivity contribution in [3.63, 3.8) is 0 Å². The van der Waals surface area contributed by atoms with Crippen LogP contribution in [0.25, 0.3) is 0 Å². The number of alkyl halides is 3. The molecule has 1 aromatic rings. The van der Waals surface area contributed by atoms with E-state index in [1.54, 1.807) is 0 Å². The Morgan fingerprint density at radius 2 is 1.95 bits per heavy atom. The molecule has 120 valence electrons. The van der Waals surface area contributed by atoms with Gasteiger partial charge in [-0.2, -0.15) is 13.2 Å². The van der Waals surface area contributed by atoms with Crippen LogP contribution in [0.15, 0.2) is 0 Å². The van der Waals surface area contributed by atoms with Gasteiger partial charge in [0.15, 0.2) is 5.69 Å². The Hall–Kier alpha value is -0.660. The van der Waals surface area contributed by atoms with E-state index in [1.165, 1.54) is 7.11 Å². The van der Waals surface area contributed by atoms with Gasteiger partial charge in [0.1, 0.15) is 11.1 Å². The zero-order valence-corrected chi connectivity index (χ0v) is 13.5. The quantitative estimate of drug-likeness (QED) is 0.884. The van der Waals surface area contributed by atoms with Crippen molar-refractivity contribution in [1.29, 1.82) is 0 Å². The molecular formula is C14H21F3N2OS. The predicted molar refractivity (Wildman–Crippen MR) is 76.2 cm³/mol. The predicted octanol–water partition coefficient (Wildman–Crippen LogP) is 4.15. The van der Waals surface area contributed by atoms with Crippen molar-refractivity contribution in [2.45, 2.75) is 58.5 Å². The van der Waals surface area contributed by atoms with Crippen LogP contribution < -0.4 is 5.32 Å². The second-order valence-electron chi connectivity index (χ2n) is 6.46. The maximum absolute atomic E-state index is 13.1. The number of thiazole rings is 1. The van der Waals surface area contributed by atoms with Crippen molar-refractivity contribution in [3.05, 3.63) is 15.6 Å². The average molecular weight is 322 g/mol. The lowest BCUT2D eigenvalue weighted by atomic mass is 9.89. The molecule has 1 heterocycles. The van der Waals surface area contributed by atoms with Crippen molar-refractivity contribution in [2.75, 3.05) is 7.11 Å². The highest BCUT2D eigenvalue weighted by Crippen LogP contribution is 2.42. The summed E-state index contributed by atoms with van der Waals surface area (Å²) in [7, 11) is 1.51. The molecule has 1 fully saturated rings. The minimum atomic E-state index is -4.43. The summed E-state index contributed by atoms with van der Waals surface area (Å²) >= 11 is 1.10. The standard InChI is InChI=1S/C14H21F3N2OS/c1-13(2,3)11(20-4)12-19-10(14(15,16)17)9(21-12)7-18-8-5-6-8/h8,11,18H,5-7H2,1-4H3. The third-order valence-electron chi connectivity index (χ3n) is 3.36. The Kier molecular flexibility index (Phi) is 4.66. The van der Waals surface area contributed by atoms with Gasteiger partial charge < -0.3 is 10.1 Å². The van der Waals surface area contributed by atoms with Crippen molar-refractivity contribution in [2.24, 2.45) is 5.41 Å². The van der Waals surface area contributed by atoms with Crippen LogP contribution in [0.2, 0.25) is 0 Å². The number of nitrogens with one attached hydrogen (secondary N) is 1. The molecule has 1 atom stereocenters. The molecule has 0 amide bonds. The first kappa shape index (κ1) is 16.7. The fourth-order valence-electron chi connectivity index (χ4n) is 2.17. The summed E-state index contributed by atoms with van der Waals surface area (Å²) in [5.74, 6) is 0. The zero-order chi connectivity index (χ0) is 15.8. The van der Waals surface area contributed by atoms with Crippen molar-refractivity contribution < 1.29 is 17.9 Å². The second-order valence-corrected chi connectivity index (χ2v) is 7.57. The lowest BCUT2D eigenvalue weighted by Gasteiger charge is -2.27. The molecule has 0 aliphatic heterocycles. The first-order valence-corrected chi connectivity index (χ1v) is 7.77. The topological polar surface area (TPSA) is 34.1 Å². The summed E-state index contributed by atoms with van der Waals surface area (Å²) in [4.78, 5) is 4.09. The first-order chi connectivity index (χ1) is 9.63. The molecule has 0 saturated heterocycles. The molecular weight excluding hydrogens is 301 g/mol. The summed E-state index contributed by atoms with van der Waals surface area (Å²) in [6, 6.07) is 0.359. The highest BCUT2D eigenvalue weighted by atomic mass is 32.1. The van der Waals surface area contributed by atoms with Gasteiger partial charge in [0.2, 0.25) is 0 Å². The number of ether oxygens (including phenoxy) is 1. The van der Waals surface area contributed by atoms with Crippen molar-refractivity contribution >= 4 is 11.3 Å². The highest BCUT2D eigenvalue weighted by Gasteiger charge is 2.40. The van der Waals surface area contributed by atoms with E-state index in [4.69, 9.17) is 4.74 Å². The van der Waals surface area contributed by atoms with E-state index >= 15 is 0 Å². The Bertz CT molecular complexity index is 489. The molecule has 1 aromatic heterocycles. The van der Waals surface area contributed by atoms with E-state index in [2.05, 4.69) is 10.3 Å². The number of aromatic nitrogens is 1. The summed E-state index contributed by atoms with van der Waals surface area (Å²) in [6.07, 6.45) is -2.80. The number of hydrogen-bond acceptors (Lipinski definition) is 4. The molecule has 1 aliphatic rings. The molecule has 2 rings (SSSR count). The summed E-state index contributed by atoms with van der Waals surface area (Å²) in [6.45, 7) is 6.01. The minimum Gasteiger partial charge on any atom is -0.374 e. The van der Waals surface area contributed by atoms with E-state index in [0.29, 0.717) is 11.0 Å². The zero-order valence-electron chi connectivity index (χ0n) is 12.7. The van der Waals surface area contributed by atoms with Gasteiger partial charge >= 0.3 is 6.18 Å². The molecule has 0 radical (unpaired) electrons. The van der Waals surface area contributed by atoms with E-state index in [1.807, 2.05) is 20.8 Å². The van der Waals surface area contributed by atoms with Gasteiger partial charge in [-0.25, -0.2) is 4.98 Å². The van der Waals surface area contributed by atoms with E-state index in [9.17, 15) is 13.2 Å². The largest absolute Gasteiger partial charge is 0.434 e. The monoisotopic (exact) mass is 322 g/mol. The summed E-state index contributed by atoms with van der Waals surface area (Å²) in [5, 5.41) is 3.52. The van der Waals surface area contributed by atoms with Gasteiger partial charge in [-0.15, -0.1) is 11.3 Å². The lowest BCUT2D eigenvalue weighted by Crippen LogP contribution is -2.20. The van der Waals surface area contributed by atoms with Gasteiger partial charge in [-0.3, -0.25) is 0 Å². The molecule has 1 N–H and O–H groups in total. The normalized spacial score (nSPS) is 18.0. The highest BCUT2D eigenvalue weighted by molar-refractivity contribution is 7.11. The fourth-order valence-corrected chi connectivity index (χ4v) is 3.53. The average Bonchev–Trinajstić information content (AvgIpc) is 3.05. The minimum absolute atomic E-state index is 0.220. The molecule has 21 heavy (non-hydrogen) atoms. The molecule has 0 aromatic carbocycles. The molecule has 1 unspecified atom stereocenters. The van der Waals surface area contributed by atoms with Crippen LogP contribution in [-0.2, 0) is 17.5 Å². The first-order valence-electron chi connectivity index (χ1n) is 6.96. The maximum Gasteiger partial charge on any atom is 0.434 e. The van der Waals surface area contributed by atoms with E-state index in [-0.39, 0.29) is 16.8 Å². The van der Waals surface area contributed by atoms with Gasteiger partial charge in [0, 0.05) is 19.7 Å². The molecule has 1 aliphatic carbocycles.